The molecule has 1 heterocycles. The van der Waals surface area contributed by atoms with Gasteiger partial charge in [0.25, 0.3) is 0 Å². The summed E-state index contributed by atoms with van der Waals surface area (Å²) >= 11 is 0. The van der Waals surface area contributed by atoms with Crippen molar-refractivity contribution in [2.45, 2.75) is 12.6 Å². The first-order valence-electron chi connectivity index (χ1n) is 6.45. The molecule has 1 aliphatic rings. The number of nitrogens with two attached hydrogens (primary N) is 1. The van der Waals surface area contributed by atoms with E-state index in [0.29, 0.717) is 13.2 Å². The molecule has 0 bridgehead atoms. The molecule has 0 aliphatic carbocycles. The molecule has 1 aliphatic heterocycles. The van der Waals surface area contributed by atoms with Gasteiger partial charge in [0.1, 0.15) is 0 Å². The van der Waals surface area contributed by atoms with Gasteiger partial charge in [0.15, 0.2) is 0 Å². The van der Waals surface area contributed by atoms with E-state index in [0.717, 1.165) is 26.3 Å². The molecular formula is C14H22N2O2. The second-order valence-corrected chi connectivity index (χ2v) is 4.58. The molecule has 1 aromatic rings. The van der Waals surface area contributed by atoms with Crippen molar-refractivity contribution < 1.29 is 9.47 Å². The zero-order valence-corrected chi connectivity index (χ0v) is 11.0. The van der Waals surface area contributed by atoms with Crippen LogP contribution in [0.25, 0.3) is 0 Å². The lowest BCUT2D eigenvalue weighted by Gasteiger charge is -2.34. The number of methoxy groups -OCH3 is 1. The van der Waals surface area contributed by atoms with Gasteiger partial charge >= 0.3 is 0 Å². The molecule has 1 saturated heterocycles. The van der Waals surface area contributed by atoms with E-state index in [1.54, 1.807) is 7.11 Å². The first-order chi connectivity index (χ1) is 8.85. The summed E-state index contributed by atoms with van der Waals surface area (Å²) in [6.07, 6.45) is 0. The van der Waals surface area contributed by atoms with Crippen LogP contribution >= 0.6 is 0 Å². The van der Waals surface area contributed by atoms with Crippen LogP contribution in [0.4, 0.5) is 0 Å². The first kappa shape index (κ1) is 13.5. The van der Waals surface area contributed by atoms with Gasteiger partial charge in [-0.3, -0.25) is 4.90 Å². The normalized spacial score (nSPS) is 18.8. The fraction of sp³-hybridized carbons (Fsp3) is 0.571. The van der Waals surface area contributed by atoms with Crippen LogP contribution < -0.4 is 5.73 Å². The van der Waals surface area contributed by atoms with Crippen molar-refractivity contribution in [3.63, 3.8) is 0 Å². The van der Waals surface area contributed by atoms with Crippen LogP contribution in [0.2, 0.25) is 0 Å². The van der Waals surface area contributed by atoms with Gasteiger partial charge in [-0.25, -0.2) is 0 Å². The Hall–Kier alpha value is -0.940. The van der Waals surface area contributed by atoms with Crippen molar-refractivity contribution in [2.24, 2.45) is 5.73 Å². The molecule has 0 radical (unpaired) electrons. The van der Waals surface area contributed by atoms with Crippen LogP contribution in [-0.2, 0) is 16.1 Å². The summed E-state index contributed by atoms with van der Waals surface area (Å²) in [7, 11) is 1.72. The Kier molecular flexibility index (Phi) is 5.13. The molecular weight excluding hydrogens is 228 g/mol. The van der Waals surface area contributed by atoms with Gasteiger partial charge in [-0.2, -0.15) is 0 Å². The highest BCUT2D eigenvalue weighted by Gasteiger charge is 2.21. The van der Waals surface area contributed by atoms with Crippen LogP contribution in [-0.4, -0.2) is 44.9 Å². The first-order valence-corrected chi connectivity index (χ1v) is 6.45. The van der Waals surface area contributed by atoms with E-state index in [-0.39, 0.29) is 6.04 Å². The molecule has 0 spiro atoms. The third kappa shape index (κ3) is 3.29. The van der Waals surface area contributed by atoms with Crippen LogP contribution in [0.3, 0.4) is 0 Å². The van der Waals surface area contributed by atoms with E-state index in [2.05, 4.69) is 29.2 Å². The Bertz CT molecular complexity index is 365. The predicted octanol–water partition coefficient (Wildman–Crippen LogP) is 1.16. The molecule has 0 amide bonds. The van der Waals surface area contributed by atoms with E-state index in [1.165, 1.54) is 11.1 Å². The van der Waals surface area contributed by atoms with Crippen LogP contribution in [0.15, 0.2) is 24.3 Å². The summed E-state index contributed by atoms with van der Waals surface area (Å²) in [4.78, 5) is 2.40. The van der Waals surface area contributed by atoms with Crippen molar-refractivity contribution in [3.8, 4) is 0 Å². The number of nitrogens with zero attached hydrogens (tertiary/aromatic N) is 1. The lowest BCUT2D eigenvalue weighted by molar-refractivity contribution is 0.0178. The van der Waals surface area contributed by atoms with Gasteiger partial charge in [0, 0.05) is 32.8 Å². The van der Waals surface area contributed by atoms with Crippen molar-refractivity contribution in [1.82, 2.24) is 4.90 Å². The van der Waals surface area contributed by atoms with Gasteiger partial charge in [0.05, 0.1) is 19.8 Å². The molecule has 2 N–H and O–H groups in total. The molecule has 0 saturated carbocycles. The van der Waals surface area contributed by atoms with Gasteiger partial charge in [-0.05, 0) is 11.1 Å². The summed E-state index contributed by atoms with van der Waals surface area (Å²) in [5.74, 6) is 0. The number of ether oxygens (including phenoxy) is 2. The molecule has 1 atom stereocenters. The quantitative estimate of drug-likeness (QED) is 0.852. The number of benzene rings is 1. The maximum Gasteiger partial charge on any atom is 0.0713 e. The number of rotatable bonds is 5. The Morgan fingerprint density at radius 1 is 1.39 bits per heavy atom. The van der Waals surface area contributed by atoms with E-state index in [4.69, 9.17) is 15.2 Å². The molecule has 1 unspecified atom stereocenters. The van der Waals surface area contributed by atoms with Gasteiger partial charge in [-0.15, -0.1) is 0 Å². The molecule has 4 nitrogen and oxygen atoms in total. The van der Waals surface area contributed by atoms with E-state index in [9.17, 15) is 0 Å². The lowest BCUT2D eigenvalue weighted by Crippen LogP contribution is -2.41. The average molecular weight is 250 g/mol. The monoisotopic (exact) mass is 250 g/mol. The van der Waals surface area contributed by atoms with Crippen molar-refractivity contribution in [3.05, 3.63) is 35.4 Å². The fourth-order valence-corrected chi connectivity index (χ4v) is 2.44. The molecule has 1 fully saturated rings. The predicted molar refractivity (Wildman–Crippen MR) is 71.3 cm³/mol. The van der Waals surface area contributed by atoms with E-state index >= 15 is 0 Å². The minimum Gasteiger partial charge on any atom is -0.380 e. The van der Waals surface area contributed by atoms with E-state index < -0.39 is 0 Å². The van der Waals surface area contributed by atoms with Crippen molar-refractivity contribution >= 4 is 0 Å². The minimum atomic E-state index is 0.283. The third-order valence-corrected chi connectivity index (χ3v) is 3.36. The maximum absolute atomic E-state index is 5.95. The SMILES string of the molecule is COCc1cccc(C(CN)N2CCOCC2)c1. The largest absolute Gasteiger partial charge is 0.380 e. The minimum absolute atomic E-state index is 0.283. The van der Waals surface area contributed by atoms with Crippen molar-refractivity contribution in [1.29, 1.82) is 0 Å². The second-order valence-electron chi connectivity index (χ2n) is 4.58. The summed E-state index contributed by atoms with van der Waals surface area (Å²) in [5.41, 5.74) is 8.41. The summed E-state index contributed by atoms with van der Waals surface area (Å²) in [5, 5.41) is 0. The Morgan fingerprint density at radius 2 is 2.17 bits per heavy atom. The maximum atomic E-state index is 5.95. The number of morpholine rings is 1. The summed E-state index contributed by atoms with van der Waals surface area (Å²) in [6, 6.07) is 8.78. The highest BCUT2D eigenvalue weighted by Crippen LogP contribution is 2.21. The van der Waals surface area contributed by atoms with Crippen molar-refractivity contribution in [2.75, 3.05) is 40.0 Å². The van der Waals surface area contributed by atoms with Gasteiger partial charge in [-0.1, -0.05) is 24.3 Å². The van der Waals surface area contributed by atoms with Gasteiger partial charge < -0.3 is 15.2 Å². The highest BCUT2D eigenvalue weighted by molar-refractivity contribution is 5.26. The smallest absolute Gasteiger partial charge is 0.0713 e. The molecule has 100 valence electrons. The Balaban J connectivity index is 2.12. The second kappa shape index (κ2) is 6.85. The van der Waals surface area contributed by atoms with Crippen LogP contribution in [0.1, 0.15) is 17.2 Å². The topological polar surface area (TPSA) is 47.7 Å². The Morgan fingerprint density at radius 3 is 2.83 bits per heavy atom. The molecule has 0 aromatic heterocycles. The van der Waals surface area contributed by atoms with E-state index in [1.807, 2.05) is 0 Å². The highest BCUT2D eigenvalue weighted by atomic mass is 16.5. The lowest BCUT2D eigenvalue weighted by atomic mass is 10.0. The zero-order valence-electron chi connectivity index (χ0n) is 11.0. The standard InChI is InChI=1S/C14H22N2O2/c1-17-11-12-3-2-4-13(9-12)14(10-15)16-5-7-18-8-6-16/h2-4,9,14H,5-8,10-11,15H2,1H3. The van der Waals surface area contributed by atoms with Crippen LogP contribution in [0, 0.1) is 0 Å². The Labute approximate surface area is 109 Å². The molecule has 1 aromatic carbocycles. The summed E-state index contributed by atoms with van der Waals surface area (Å²) < 4.78 is 10.6. The molecule has 2 rings (SSSR count). The molecule has 4 heteroatoms. The number of hydrogen-bond acceptors (Lipinski definition) is 4. The van der Waals surface area contributed by atoms with Crippen LogP contribution in [0.5, 0.6) is 0 Å². The summed E-state index contributed by atoms with van der Waals surface area (Å²) in [6.45, 7) is 4.79. The zero-order chi connectivity index (χ0) is 12.8. The fourth-order valence-electron chi connectivity index (χ4n) is 2.44. The number of hydrogen-bond donors (Lipinski definition) is 1. The molecule has 18 heavy (non-hydrogen) atoms. The average Bonchev–Trinajstić information content (AvgIpc) is 2.42. The third-order valence-electron chi connectivity index (χ3n) is 3.36. The van der Waals surface area contributed by atoms with Gasteiger partial charge in [0.2, 0.25) is 0 Å².